The quantitative estimate of drug-likeness (QED) is 0.624. The van der Waals surface area contributed by atoms with Crippen LogP contribution in [0, 0.1) is 5.82 Å². The molecule has 1 heterocycles. The average Bonchev–Trinajstić information content (AvgIpc) is 2.57. The lowest BCUT2D eigenvalue weighted by Gasteiger charge is -2.01. The van der Waals surface area contributed by atoms with E-state index in [2.05, 4.69) is 5.32 Å². The summed E-state index contributed by atoms with van der Waals surface area (Å²) in [5.74, 6) is -1.58. The number of esters is 1. The third kappa shape index (κ3) is 2.04. The summed E-state index contributed by atoms with van der Waals surface area (Å²) in [6.45, 7) is 1.89. The Morgan fingerprint density at radius 2 is 2.29 bits per heavy atom. The van der Waals surface area contributed by atoms with Gasteiger partial charge in [0, 0.05) is 11.6 Å². The zero-order valence-electron chi connectivity index (χ0n) is 9.12. The van der Waals surface area contributed by atoms with Gasteiger partial charge in [-0.3, -0.25) is 4.79 Å². The number of hydrogen-bond donors (Lipinski definition) is 1. The minimum atomic E-state index is -0.612. The SMILES string of the molecule is CCOC(=O)/C=C1/NC(=O)c2cccc(F)c21. The number of amides is 1. The summed E-state index contributed by atoms with van der Waals surface area (Å²) >= 11 is 0. The van der Waals surface area contributed by atoms with Gasteiger partial charge in [0.25, 0.3) is 5.91 Å². The minimum Gasteiger partial charge on any atom is -0.463 e. The van der Waals surface area contributed by atoms with Gasteiger partial charge in [-0.25, -0.2) is 9.18 Å². The van der Waals surface area contributed by atoms with Crippen LogP contribution in [-0.2, 0) is 9.53 Å². The third-order valence-electron chi connectivity index (χ3n) is 2.32. The standard InChI is InChI=1S/C12H10FNO3/c1-2-17-10(15)6-9-11-7(12(16)14-9)4-3-5-8(11)13/h3-6H,2H2,1H3,(H,14,16)/b9-6+. The number of carbonyl (C=O) groups excluding carboxylic acids is 2. The largest absolute Gasteiger partial charge is 0.463 e. The Hall–Kier alpha value is -2.17. The van der Waals surface area contributed by atoms with E-state index in [4.69, 9.17) is 4.74 Å². The first-order chi connectivity index (χ1) is 8.13. The molecule has 0 radical (unpaired) electrons. The van der Waals surface area contributed by atoms with Crippen molar-refractivity contribution in [3.63, 3.8) is 0 Å². The van der Waals surface area contributed by atoms with Gasteiger partial charge in [-0.2, -0.15) is 0 Å². The second-order valence-electron chi connectivity index (χ2n) is 3.43. The first kappa shape index (κ1) is 11.3. The van der Waals surface area contributed by atoms with Crippen molar-refractivity contribution in [3.05, 3.63) is 41.2 Å². The Kier molecular flexibility index (Phi) is 2.91. The predicted octanol–water partition coefficient (Wildman–Crippen LogP) is 1.47. The van der Waals surface area contributed by atoms with Crippen LogP contribution >= 0.6 is 0 Å². The lowest BCUT2D eigenvalue weighted by Crippen LogP contribution is -2.13. The fourth-order valence-corrected chi connectivity index (χ4v) is 1.65. The van der Waals surface area contributed by atoms with Crippen molar-refractivity contribution in [3.8, 4) is 0 Å². The summed E-state index contributed by atoms with van der Waals surface area (Å²) in [5, 5.41) is 2.43. The first-order valence-corrected chi connectivity index (χ1v) is 5.12. The van der Waals surface area contributed by atoms with Gasteiger partial charge in [0.1, 0.15) is 5.82 Å². The van der Waals surface area contributed by atoms with Gasteiger partial charge >= 0.3 is 5.97 Å². The highest BCUT2D eigenvalue weighted by Crippen LogP contribution is 2.26. The average molecular weight is 235 g/mol. The third-order valence-corrected chi connectivity index (χ3v) is 2.32. The summed E-state index contributed by atoms with van der Waals surface area (Å²) in [7, 11) is 0. The van der Waals surface area contributed by atoms with Crippen LogP contribution in [0.5, 0.6) is 0 Å². The van der Waals surface area contributed by atoms with E-state index in [1.54, 1.807) is 6.92 Å². The Morgan fingerprint density at radius 1 is 1.53 bits per heavy atom. The molecule has 0 saturated carbocycles. The number of fused-ring (bicyclic) bond motifs is 1. The maximum Gasteiger partial charge on any atom is 0.332 e. The van der Waals surface area contributed by atoms with Crippen molar-refractivity contribution in [1.29, 1.82) is 0 Å². The van der Waals surface area contributed by atoms with Crippen molar-refractivity contribution in [2.75, 3.05) is 6.61 Å². The molecule has 0 bridgehead atoms. The molecule has 1 aliphatic rings. The first-order valence-electron chi connectivity index (χ1n) is 5.12. The molecule has 1 aliphatic heterocycles. The lowest BCUT2D eigenvalue weighted by molar-refractivity contribution is -0.137. The highest BCUT2D eigenvalue weighted by molar-refractivity contribution is 6.11. The molecule has 1 aromatic rings. The molecule has 17 heavy (non-hydrogen) atoms. The number of halogens is 1. The van der Waals surface area contributed by atoms with Gasteiger partial charge < -0.3 is 10.1 Å². The van der Waals surface area contributed by atoms with Crippen molar-refractivity contribution in [2.45, 2.75) is 6.92 Å². The van der Waals surface area contributed by atoms with Gasteiger partial charge in [0.05, 0.1) is 17.9 Å². The van der Waals surface area contributed by atoms with Crippen molar-refractivity contribution >= 4 is 17.6 Å². The molecule has 0 aliphatic carbocycles. The highest BCUT2D eigenvalue weighted by atomic mass is 19.1. The summed E-state index contributed by atoms with van der Waals surface area (Å²) in [4.78, 5) is 22.8. The van der Waals surface area contributed by atoms with E-state index in [0.717, 1.165) is 6.08 Å². The maximum absolute atomic E-state index is 13.6. The molecule has 0 saturated heterocycles. The summed E-state index contributed by atoms with van der Waals surface area (Å²) < 4.78 is 18.3. The molecule has 5 heteroatoms. The van der Waals surface area contributed by atoms with E-state index < -0.39 is 17.7 Å². The van der Waals surface area contributed by atoms with Gasteiger partial charge in [-0.15, -0.1) is 0 Å². The van der Waals surface area contributed by atoms with Gasteiger partial charge in [0.15, 0.2) is 0 Å². The topological polar surface area (TPSA) is 55.4 Å². The molecule has 1 amide bonds. The van der Waals surface area contributed by atoms with Gasteiger partial charge in [-0.05, 0) is 19.1 Å². The number of rotatable bonds is 2. The second-order valence-corrected chi connectivity index (χ2v) is 3.43. The van der Waals surface area contributed by atoms with E-state index in [1.165, 1.54) is 18.2 Å². The molecule has 2 rings (SSSR count). The van der Waals surface area contributed by atoms with Crippen LogP contribution < -0.4 is 5.32 Å². The zero-order valence-corrected chi connectivity index (χ0v) is 9.12. The minimum absolute atomic E-state index is 0.116. The highest BCUT2D eigenvalue weighted by Gasteiger charge is 2.27. The van der Waals surface area contributed by atoms with Crippen LogP contribution in [0.2, 0.25) is 0 Å². The number of ether oxygens (including phenoxy) is 1. The van der Waals surface area contributed by atoms with Gasteiger partial charge in [-0.1, -0.05) is 6.07 Å². The van der Waals surface area contributed by atoms with Crippen LogP contribution in [0.15, 0.2) is 24.3 Å². The predicted molar refractivity (Wildman–Crippen MR) is 58.5 cm³/mol. The molecule has 1 aromatic carbocycles. The van der Waals surface area contributed by atoms with E-state index in [-0.39, 0.29) is 23.4 Å². The number of hydrogen-bond acceptors (Lipinski definition) is 3. The van der Waals surface area contributed by atoms with E-state index in [9.17, 15) is 14.0 Å². The zero-order chi connectivity index (χ0) is 12.4. The van der Waals surface area contributed by atoms with E-state index >= 15 is 0 Å². The second kappa shape index (κ2) is 4.37. The normalized spacial score (nSPS) is 15.6. The van der Waals surface area contributed by atoms with Crippen LogP contribution in [0.3, 0.4) is 0 Å². The van der Waals surface area contributed by atoms with Crippen LogP contribution in [0.4, 0.5) is 4.39 Å². The Labute approximate surface area is 97.1 Å². The maximum atomic E-state index is 13.6. The molecular formula is C12H10FNO3. The fraction of sp³-hybridized carbons (Fsp3) is 0.167. The molecule has 4 nitrogen and oxygen atoms in total. The molecule has 0 aromatic heterocycles. The summed E-state index contributed by atoms with van der Waals surface area (Å²) in [6.07, 6.45) is 1.08. The van der Waals surface area contributed by atoms with Crippen molar-refractivity contribution in [1.82, 2.24) is 5.32 Å². The molecule has 0 fully saturated rings. The van der Waals surface area contributed by atoms with Crippen LogP contribution in [-0.4, -0.2) is 18.5 Å². The molecule has 1 N–H and O–H groups in total. The molecule has 0 unspecified atom stereocenters. The number of carbonyl (C=O) groups is 2. The molecule has 0 spiro atoms. The van der Waals surface area contributed by atoms with Crippen molar-refractivity contribution in [2.24, 2.45) is 0 Å². The van der Waals surface area contributed by atoms with Crippen molar-refractivity contribution < 1.29 is 18.7 Å². The monoisotopic (exact) mass is 235 g/mol. The molecule has 0 atom stereocenters. The van der Waals surface area contributed by atoms with Crippen LogP contribution in [0.25, 0.3) is 5.70 Å². The summed E-state index contributed by atoms with van der Waals surface area (Å²) in [5.41, 5.74) is 0.479. The lowest BCUT2D eigenvalue weighted by atomic mass is 10.1. The Bertz CT molecular complexity index is 522. The number of benzene rings is 1. The van der Waals surface area contributed by atoms with Gasteiger partial charge in [0.2, 0.25) is 0 Å². The Balaban J connectivity index is 2.43. The molecular weight excluding hydrogens is 225 g/mol. The van der Waals surface area contributed by atoms with Crippen LogP contribution in [0.1, 0.15) is 22.8 Å². The smallest absolute Gasteiger partial charge is 0.332 e. The number of nitrogens with one attached hydrogen (secondary N) is 1. The Morgan fingerprint density at radius 3 is 3.00 bits per heavy atom. The summed E-state index contributed by atoms with van der Waals surface area (Å²) in [6, 6.07) is 4.18. The molecule has 88 valence electrons. The fourth-order valence-electron chi connectivity index (χ4n) is 1.65. The van der Waals surface area contributed by atoms with E-state index in [1.807, 2.05) is 0 Å². The van der Waals surface area contributed by atoms with E-state index in [0.29, 0.717) is 0 Å².